The van der Waals surface area contributed by atoms with Gasteiger partial charge in [0.25, 0.3) is 0 Å². The van der Waals surface area contributed by atoms with E-state index in [0.29, 0.717) is 0 Å². The highest BCUT2D eigenvalue weighted by molar-refractivity contribution is 8.93. The van der Waals surface area contributed by atoms with Crippen molar-refractivity contribution < 1.29 is 0 Å². The third-order valence-electron chi connectivity index (χ3n) is 0.866. The van der Waals surface area contributed by atoms with E-state index in [4.69, 9.17) is 0 Å². The summed E-state index contributed by atoms with van der Waals surface area (Å²) in [6.45, 7) is 6.73. The maximum absolute atomic E-state index is 2.25. The van der Waals surface area contributed by atoms with Crippen molar-refractivity contribution in [2.75, 3.05) is 0 Å². The molecule has 0 saturated heterocycles. The largest absolute Gasteiger partial charge is 0.114 e. The van der Waals surface area contributed by atoms with E-state index in [1.165, 1.54) is 12.8 Å². The molecule has 7 heavy (non-hydrogen) atoms. The summed E-state index contributed by atoms with van der Waals surface area (Å²) in [5.74, 6) is 0.898. The van der Waals surface area contributed by atoms with Crippen LogP contribution in [0.15, 0.2) is 0 Å². The first-order valence-corrected chi connectivity index (χ1v) is 2.77. The quantitative estimate of drug-likeness (QED) is 0.592. The molecule has 0 spiro atoms. The zero-order chi connectivity index (χ0) is 4.99. The van der Waals surface area contributed by atoms with Crippen LogP contribution in [0.25, 0.3) is 0 Å². The monoisotopic (exact) mass is 166 g/mol. The van der Waals surface area contributed by atoms with Gasteiger partial charge in [0.15, 0.2) is 0 Å². The molecule has 0 radical (unpaired) electrons. The average molecular weight is 167 g/mol. The standard InChI is InChI=1S/C6H14.BrH/c1-4-5-6(2)3;/h6H,4-5H2,1-3H3;1H. The second-order valence-corrected chi connectivity index (χ2v) is 2.18. The molecule has 0 heterocycles. The minimum absolute atomic E-state index is 0. The molecule has 0 aromatic carbocycles. The summed E-state index contributed by atoms with van der Waals surface area (Å²) in [4.78, 5) is 0. The van der Waals surface area contributed by atoms with Crippen molar-refractivity contribution in [3.63, 3.8) is 0 Å². The van der Waals surface area contributed by atoms with Crippen LogP contribution in [0.1, 0.15) is 33.6 Å². The van der Waals surface area contributed by atoms with Gasteiger partial charge in [-0.3, -0.25) is 0 Å². The van der Waals surface area contributed by atoms with Crippen molar-refractivity contribution in [2.45, 2.75) is 33.6 Å². The third-order valence-corrected chi connectivity index (χ3v) is 0.866. The van der Waals surface area contributed by atoms with Crippen molar-refractivity contribution in [3.05, 3.63) is 0 Å². The molecule has 0 N–H and O–H groups in total. The van der Waals surface area contributed by atoms with E-state index in [0.717, 1.165) is 5.92 Å². The van der Waals surface area contributed by atoms with Crippen molar-refractivity contribution in [3.8, 4) is 0 Å². The lowest BCUT2D eigenvalue weighted by molar-refractivity contribution is 0.576. The van der Waals surface area contributed by atoms with Crippen molar-refractivity contribution in [2.24, 2.45) is 5.92 Å². The fourth-order valence-corrected chi connectivity index (χ4v) is 0.577. The Morgan fingerprint density at radius 3 is 1.71 bits per heavy atom. The van der Waals surface area contributed by atoms with Crippen LogP contribution in [0.3, 0.4) is 0 Å². The van der Waals surface area contributed by atoms with Gasteiger partial charge in [0.05, 0.1) is 0 Å². The number of halogens is 1. The van der Waals surface area contributed by atoms with Gasteiger partial charge >= 0.3 is 0 Å². The fraction of sp³-hybridized carbons (Fsp3) is 1.00. The van der Waals surface area contributed by atoms with Gasteiger partial charge in [-0.25, -0.2) is 0 Å². The van der Waals surface area contributed by atoms with Crippen LogP contribution in [-0.2, 0) is 0 Å². The molecule has 0 amide bonds. The van der Waals surface area contributed by atoms with E-state index >= 15 is 0 Å². The van der Waals surface area contributed by atoms with E-state index in [9.17, 15) is 0 Å². The van der Waals surface area contributed by atoms with Crippen LogP contribution < -0.4 is 0 Å². The summed E-state index contributed by atoms with van der Waals surface area (Å²) >= 11 is 0. The van der Waals surface area contributed by atoms with E-state index < -0.39 is 0 Å². The van der Waals surface area contributed by atoms with Crippen LogP contribution in [0.2, 0.25) is 0 Å². The van der Waals surface area contributed by atoms with Gasteiger partial charge in [-0.05, 0) is 5.92 Å². The molecule has 0 aromatic rings. The Kier molecular flexibility index (Phi) is 9.68. The van der Waals surface area contributed by atoms with E-state index in [1.54, 1.807) is 0 Å². The molecule has 0 fully saturated rings. The molecule has 0 rings (SSSR count). The summed E-state index contributed by atoms with van der Waals surface area (Å²) in [5, 5.41) is 0. The van der Waals surface area contributed by atoms with Gasteiger partial charge in [0.1, 0.15) is 0 Å². The lowest BCUT2D eigenvalue weighted by Gasteiger charge is -1.95. The zero-order valence-corrected chi connectivity index (χ0v) is 7.11. The van der Waals surface area contributed by atoms with Gasteiger partial charge in [-0.2, -0.15) is 0 Å². The normalized spacial score (nSPS) is 8.57. The summed E-state index contributed by atoms with van der Waals surface area (Å²) in [7, 11) is 0. The molecule has 0 atom stereocenters. The van der Waals surface area contributed by atoms with Gasteiger partial charge in [-0.15, -0.1) is 17.0 Å². The SMILES string of the molecule is Br.CCCC(C)C. The molecular formula is C6H15Br. The predicted molar refractivity (Wildman–Crippen MR) is 40.1 cm³/mol. The Bertz CT molecular complexity index is 25.4. The first-order valence-electron chi connectivity index (χ1n) is 2.77. The Morgan fingerprint density at radius 1 is 1.29 bits per heavy atom. The lowest BCUT2D eigenvalue weighted by Crippen LogP contribution is -1.81. The molecule has 1 heteroatoms. The molecule has 0 unspecified atom stereocenters. The molecule has 0 bridgehead atoms. The van der Waals surface area contributed by atoms with E-state index in [2.05, 4.69) is 20.8 Å². The van der Waals surface area contributed by atoms with Crippen LogP contribution in [0.4, 0.5) is 0 Å². The number of hydrogen-bond donors (Lipinski definition) is 0. The highest BCUT2D eigenvalue weighted by Gasteiger charge is 1.85. The predicted octanol–water partition coefficient (Wildman–Crippen LogP) is 3.02. The molecule has 0 saturated carbocycles. The number of hydrogen-bond acceptors (Lipinski definition) is 0. The Morgan fingerprint density at radius 2 is 1.71 bits per heavy atom. The minimum atomic E-state index is 0. The maximum Gasteiger partial charge on any atom is -0.0471 e. The molecule has 0 aromatic heterocycles. The fourth-order valence-electron chi connectivity index (χ4n) is 0.577. The highest BCUT2D eigenvalue weighted by atomic mass is 79.9. The van der Waals surface area contributed by atoms with Crippen LogP contribution in [-0.4, -0.2) is 0 Å². The van der Waals surface area contributed by atoms with Gasteiger partial charge in [-0.1, -0.05) is 33.6 Å². The van der Waals surface area contributed by atoms with Crippen molar-refractivity contribution in [1.29, 1.82) is 0 Å². The second kappa shape index (κ2) is 6.48. The van der Waals surface area contributed by atoms with Crippen LogP contribution in [0.5, 0.6) is 0 Å². The summed E-state index contributed by atoms with van der Waals surface area (Å²) in [5.41, 5.74) is 0. The summed E-state index contributed by atoms with van der Waals surface area (Å²) in [6.07, 6.45) is 2.71. The minimum Gasteiger partial charge on any atom is -0.114 e. The van der Waals surface area contributed by atoms with E-state index in [-0.39, 0.29) is 17.0 Å². The molecule has 0 aliphatic heterocycles. The Labute approximate surface area is 57.1 Å². The van der Waals surface area contributed by atoms with Crippen LogP contribution in [0, 0.1) is 5.92 Å². The lowest BCUT2D eigenvalue weighted by atomic mass is 10.1. The Hall–Kier alpha value is 0.480. The first kappa shape index (κ1) is 10.5. The summed E-state index contributed by atoms with van der Waals surface area (Å²) in [6, 6.07) is 0. The molecule has 0 nitrogen and oxygen atoms in total. The maximum atomic E-state index is 2.25. The zero-order valence-electron chi connectivity index (χ0n) is 5.40. The topological polar surface area (TPSA) is 0 Å². The Balaban J connectivity index is 0. The smallest absolute Gasteiger partial charge is 0.0471 e. The molecule has 0 aliphatic rings. The van der Waals surface area contributed by atoms with Crippen molar-refractivity contribution in [1.82, 2.24) is 0 Å². The summed E-state index contributed by atoms with van der Waals surface area (Å²) < 4.78 is 0. The van der Waals surface area contributed by atoms with E-state index in [1.807, 2.05) is 0 Å². The second-order valence-electron chi connectivity index (χ2n) is 2.18. The molecule has 0 aliphatic carbocycles. The van der Waals surface area contributed by atoms with Crippen molar-refractivity contribution >= 4 is 17.0 Å². The van der Waals surface area contributed by atoms with Gasteiger partial charge in [0, 0.05) is 0 Å². The third kappa shape index (κ3) is 10.7. The molecule has 46 valence electrons. The number of rotatable bonds is 2. The first-order chi connectivity index (χ1) is 2.77. The average Bonchev–Trinajstić information content (AvgIpc) is 1.35. The highest BCUT2D eigenvalue weighted by Crippen LogP contribution is 2.00. The van der Waals surface area contributed by atoms with Gasteiger partial charge in [0.2, 0.25) is 0 Å². The van der Waals surface area contributed by atoms with Gasteiger partial charge < -0.3 is 0 Å². The van der Waals surface area contributed by atoms with Crippen LogP contribution >= 0.6 is 17.0 Å². The molecular weight excluding hydrogens is 152 g/mol.